The van der Waals surface area contributed by atoms with Crippen LogP contribution in [0.4, 0.5) is 0 Å². The highest BCUT2D eigenvalue weighted by Crippen LogP contribution is 2.05. The van der Waals surface area contributed by atoms with E-state index >= 15 is 0 Å². The SMILES string of the molecule is CC(=O)/C=C/C[C@H](O)Cc1ccccc1. The number of ketones is 1. The molecular formula is C13H16O2. The summed E-state index contributed by atoms with van der Waals surface area (Å²) < 4.78 is 0. The highest BCUT2D eigenvalue weighted by atomic mass is 16.3. The third kappa shape index (κ3) is 5.13. The molecule has 0 aromatic heterocycles. The maximum Gasteiger partial charge on any atom is 0.152 e. The van der Waals surface area contributed by atoms with Crippen molar-refractivity contribution in [1.29, 1.82) is 0 Å². The minimum absolute atomic E-state index is 0.0157. The van der Waals surface area contributed by atoms with Crippen molar-refractivity contribution >= 4 is 5.78 Å². The van der Waals surface area contributed by atoms with Crippen LogP contribution in [-0.4, -0.2) is 17.0 Å². The summed E-state index contributed by atoms with van der Waals surface area (Å²) in [5.41, 5.74) is 1.11. The Hall–Kier alpha value is -1.41. The number of benzene rings is 1. The summed E-state index contributed by atoms with van der Waals surface area (Å²) >= 11 is 0. The Morgan fingerprint density at radius 3 is 2.67 bits per heavy atom. The number of allylic oxidation sites excluding steroid dienone is 1. The molecule has 0 heterocycles. The summed E-state index contributed by atoms with van der Waals surface area (Å²) in [4.78, 5) is 10.6. The fraction of sp³-hybridized carbons (Fsp3) is 0.308. The largest absolute Gasteiger partial charge is 0.392 e. The third-order valence-corrected chi connectivity index (χ3v) is 2.07. The smallest absolute Gasteiger partial charge is 0.152 e. The molecule has 2 nitrogen and oxygen atoms in total. The fourth-order valence-corrected chi connectivity index (χ4v) is 1.36. The van der Waals surface area contributed by atoms with Crippen LogP contribution in [0.25, 0.3) is 0 Å². The lowest BCUT2D eigenvalue weighted by atomic mass is 10.1. The monoisotopic (exact) mass is 204 g/mol. The molecule has 1 aromatic carbocycles. The first-order chi connectivity index (χ1) is 7.18. The molecule has 2 heteroatoms. The minimum Gasteiger partial charge on any atom is -0.392 e. The number of carbonyl (C=O) groups excluding carboxylic acids is 1. The van der Waals surface area contributed by atoms with Crippen LogP contribution in [0.2, 0.25) is 0 Å². The maximum absolute atomic E-state index is 10.6. The van der Waals surface area contributed by atoms with Gasteiger partial charge in [0.15, 0.2) is 5.78 Å². The Bertz CT molecular complexity index is 328. The van der Waals surface area contributed by atoms with Gasteiger partial charge in [0.1, 0.15) is 0 Å². The predicted molar refractivity (Wildman–Crippen MR) is 60.6 cm³/mol. The summed E-state index contributed by atoms with van der Waals surface area (Å²) in [6.45, 7) is 1.50. The molecule has 0 bridgehead atoms. The quantitative estimate of drug-likeness (QED) is 0.746. The van der Waals surface area contributed by atoms with Gasteiger partial charge in [-0.15, -0.1) is 0 Å². The van der Waals surface area contributed by atoms with E-state index in [0.717, 1.165) is 5.56 Å². The van der Waals surface area contributed by atoms with Gasteiger partial charge in [0.25, 0.3) is 0 Å². The molecule has 80 valence electrons. The van der Waals surface area contributed by atoms with Crippen LogP contribution in [0.5, 0.6) is 0 Å². The average Bonchev–Trinajstić information content (AvgIpc) is 2.18. The van der Waals surface area contributed by atoms with Crippen molar-refractivity contribution < 1.29 is 9.90 Å². The third-order valence-electron chi connectivity index (χ3n) is 2.07. The maximum atomic E-state index is 10.6. The highest BCUT2D eigenvalue weighted by Gasteiger charge is 2.02. The number of hydrogen-bond donors (Lipinski definition) is 1. The van der Waals surface area contributed by atoms with Gasteiger partial charge in [0, 0.05) is 0 Å². The molecule has 1 N–H and O–H groups in total. The molecule has 0 aliphatic heterocycles. The molecule has 0 saturated carbocycles. The average molecular weight is 204 g/mol. The summed E-state index contributed by atoms with van der Waals surface area (Å²) in [7, 11) is 0. The van der Waals surface area contributed by atoms with Gasteiger partial charge in [0.2, 0.25) is 0 Å². The zero-order valence-electron chi connectivity index (χ0n) is 8.89. The van der Waals surface area contributed by atoms with E-state index in [9.17, 15) is 9.90 Å². The summed E-state index contributed by atoms with van der Waals surface area (Å²) in [6, 6.07) is 9.82. The zero-order chi connectivity index (χ0) is 11.1. The van der Waals surface area contributed by atoms with Crippen molar-refractivity contribution in [2.45, 2.75) is 25.9 Å². The van der Waals surface area contributed by atoms with Gasteiger partial charge in [0.05, 0.1) is 6.10 Å². The molecule has 0 unspecified atom stereocenters. The van der Waals surface area contributed by atoms with E-state index in [1.165, 1.54) is 13.0 Å². The highest BCUT2D eigenvalue weighted by molar-refractivity contribution is 5.87. The Morgan fingerprint density at radius 1 is 1.40 bits per heavy atom. The molecule has 0 spiro atoms. The van der Waals surface area contributed by atoms with Gasteiger partial charge in [-0.2, -0.15) is 0 Å². The van der Waals surface area contributed by atoms with Crippen molar-refractivity contribution in [1.82, 2.24) is 0 Å². The van der Waals surface area contributed by atoms with Gasteiger partial charge in [-0.25, -0.2) is 0 Å². The van der Waals surface area contributed by atoms with Gasteiger partial charge in [-0.05, 0) is 31.4 Å². The molecule has 0 amide bonds. The molecular weight excluding hydrogens is 188 g/mol. The van der Waals surface area contributed by atoms with Gasteiger partial charge < -0.3 is 5.11 Å². The van der Waals surface area contributed by atoms with Crippen molar-refractivity contribution in [2.24, 2.45) is 0 Å². The molecule has 0 saturated heterocycles. The summed E-state index contributed by atoms with van der Waals surface area (Å²) in [5, 5.41) is 9.65. The van der Waals surface area contributed by atoms with Crippen LogP contribution >= 0.6 is 0 Å². The molecule has 0 fully saturated rings. The summed E-state index contributed by atoms with van der Waals surface area (Å²) in [6.07, 6.45) is 3.95. The second-order valence-electron chi connectivity index (χ2n) is 3.59. The Labute approximate surface area is 90.3 Å². The molecule has 0 aliphatic rings. The van der Waals surface area contributed by atoms with Crippen LogP contribution in [0.15, 0.2) is 42.5 Å². The standard InChI is InChI=1S/C13H16O2/c1-11(14)6-5-9-13(15)10-12-7-3-2-4-8-12/h2-8,13,15H,9-10H2,1H3/b6-5+/t13-/m0/s1. The van der Waals surface area contributed by atoms with Crippen molar-refractivity contribution in [3.05, 3.63) is 48.0 Å². The van der Waals surface area contributed by atoms with Crippen LogP contribution in [0.1, 0.15) is 18.9 Å². The normalized spacial score (nSPS) is 12.9. The van der Waals surface area contributed by atoms with Crippen LogP contribution in [0, 0.1) is 0 Å². The first-order valence-corrected chi connectivity index (χ1v) is 5.07. The number of aliphatic hydroxyl groups excluding tert-OH is 1. The Kier molecular flexibility index (Phi) is 4.78. The number of rotatable bonds is 5. The first-order valence-electron chi connectivity index (χ1n) is 5.07. The minimum atomic E-state index is -0.414. The van der Waals surface area contributed by atoms with Crippen molar-refractivity contribution in [3.63, 3.8) is 0 Å². The van der Waals surface area contributed by atoms with E-state index in [2.05, 4.69) is 0 Å². The van der Waals surface area contributed by atoms with Crippen molar-refractivity contribution in [3.8, 4) is 0 Å². The van der Waals surface area contributed by atoms with Gasteiger partial charge in [-0.1, -0.05) is 36.4 Å². The van der Waals surface area contributed by atoms with Crippen LogP contribution in [-0.2, 0) is 11.2 Å². The summed E-state index contributed by atoms with van der Waals surface area (Å²) in [5.74, 6) is 0.0157. The van der Waals surface area contributed by atoms with E-state index in [4.69, 9.17) is 0 Å². The molecule has 1 atom stereocenters. The lowest BCUT2D eigenvalue weighted by Gasteiger charge is -2.07. The van der Waals surface area contributed by atoms with E-state index < -0.39 is 6.10 Å². The number of hydrogen-bond acceptors (Lipinski definition) is 2. The van der Waals surface area contributed by atoms with E-state index in [0.29, 0.717) is 12.8 Å². The molecule has 0 aliphatic carbocycles. The van der Waals surface area contributed by atoms with E-state index in [-0.39, 0.29) is 5.78 Å². The molecule has 1 rings (SSSR count). The fourth-order valence-electron chi connectivity index (χ4n) is 1.36. The second kappa shape index (κ2) is 6.14. The molecule has 0 radical (unpaired) electrons. The number of carbonyl (C=O) groups is 1. The lowest BCUT2D eigenvalue weighted by Crippen LogP contribution is -2.08. The Morgan fingerprint density at radius 2 is 2.07 bits per heavy atom. The first kappa shape index (κ1) is 11.7. The topological polar surface area (TPSA) is 37.3 Å². The van der Waals surface area contributed by atoms with E-state index in [1.54, 1.807) is 6.08 Å². The lowest BCUT2D eigenvalue weighted by molar-refractivity contribution is -0.112. The predicted octanol–water partition coefficient (Wildman–Crippen LogP) is 2.13. The second-order valence-corrected chi connectivity index (χ2v) is 3.59. The van der Waals surface area contributed by atoms with Crippen LogP contribution < -0.4 is 0 Å². The number of aliphatic hydroxyl groups is 1. The van der Waals surface area contributed by atoms with Gasteiger partial charge in [-0.3, -0.25) is 4.79 Å². The zero-order valence-corrected chi connectivity index (χ0v) is 8.89. The van der Waals surface area contributed by atoms with Crippen molar-refractivity contribution in [2.75, 3.05) is 0 Å². The Balaban J connectivity index is 2.36. The van der Waals surface area contributed by atoms with E-state index in [1.807, 2.05) is 30.3 Å². The molecule has 15 heavy (non-hydrogen) atoms. The van der Waals surface area contributed by atoms with Crippen LogP contribution in [0.3, 0.4) is 0 Å². The molecule has 1 aromatic rings. The van der Waals surface area contributed by atoms with Gasteiger partial charge >= 0.3 is 0 Å².